The maximum atomic E-state index is 12.2. The highest BCUT2D eigenvalue weighted by molar-refractivity contribution is 7.14. The number of carbonyl (C=O) groups excluding carboxylic acids is 1. The molecule has 0 amide bonds. The van der Waals surface area contributed by atoms with Gasteiger partial charge in [0, 0.05) is 4.88 Å². The Kier molecular flexibility index (Phi) is 3.43. The molecule has 4 rings (SSSR count). The highest BCUT2D eigenvalue weighted by Crippen LogP contribution is 2.31. The SMILES string of the molecule is O=C(OCc1cccc2ccccc12)c1cc2c(s1)CCC2. The fourth-order valence-electron chi connectivity index (χ4n) is 3.06. The Morgan fingerprint density at radius 1 is 1.09 bits per heavy atom. The van der Waals surface area contributed by atoms with E-state index >= 15 is 0 Å². The van der Waals surface area contributed by atoms with Gasteiger partial charge in [-0.25, -0.2) is 4.79 Å². The molecule has 0 fully saturated rings. The second-order valence-corrected chi connectivity index (χ2v) is 6.76. The molecule has 0 atom stereocenters. The number of carbonyl (C=O) groups is 1. The van der Waals surface area contributed by atoms with Crippen molar-refractivity contribution in [1.29, 1.82) is 0 Å². The summed E-state index contributed by atoms with van der Waals surface area (Å²) in [6, 6.07) is 16.3. The van der Waals surface area contributed by atoms with Crippen LogP contribution < -0.4 is 0 Å². The van der Waals surface area contributed by atoms with Crippen molar-refractivity contribution in [2.24, 2.45) is 0 Å². The molecule has 0 aliphatic heterocycles. The zero-order valence-electron chi connectivity index (χ0n) is 12.2. The highest BCUT2D eigenvalue weighted by atomic mass is 32.1. The minimum absolute atomic E-state index is 0.202. The molecule has 110 valence electrons. The lowest BCUT2D eigenvalue weighted by Crippen LogP contribution is -2.03. The molecular weight excluding hydrogens is 292 g/mol. The van der Waals surface area contributed by atoms with Gasteiger partial charge in [0.1, 0.15) is 11.5 Å². The first-order valence-electron chi connectivity index (χ1n) is 7.56. The summed E-state index contributed by atoms with van der Waals surface area (Å²) in [6.45, 7) is 0.322. The average molecular weight is 308 g/mol. The smallest absolute Gasteiger partial charge is 0.348 e. The first-order valence-corrected chi connectivity index (χ1v) is 8.38. The van der Waals surface area contributed by atoms with Crippen LogP contribution in [0.4, 0.5) is 0 Å². The Labute approximate surface area is 133 Å². The zero-order chi connectivity index (χ0) is 14.9. The van der Waals surface area contributed by atoms with Crippen molar-refractivity contribution in [3.8, 4) is 0 Å². The van der Waals surface area contributed by atoms with E-state index in [0.717, 1.165) is 28.7 Å². The van der Waals surface area contributed by atoms with Crippen LogP contribution in [0.2, 0.25) is 0 Å². The lowest BCUT2D eigenvalue weighted by Gasteiger charge is -2.07. The molecule has 0 bridgehead atoms. The molecule has 3 heteroatoms. The molecule has 22 heavy (non-hydrogen) atoms. The van der Waals surface area contributed by atoms with E-state index in [1.807, 2.05) is 30.3 Å². The van der Waals surface area contributed by atoms with Crippen LogP contribution in [0.15, 0.2) is 48.5 Å². The maximum absolute atomic E-state index is 12.2. The maximum Gasteiger partial charge on any atom is 0.348 e. The van der Waals surface area contributed by atoms with E-state index in [1.54, 1.807) is 11.3 Å². The second-order valence-electron chi connectivity index (χ2n) is 5.63. The van der Waals surface area contributed by atoms with Gasteiger partial charge in [-0.05, 0) is 47.2 Å². The summed E-state index contributed by atoms with van der Waals surface area (Å²) in [5.74, 6) is -0.202. The van der Waals surface area contributed by atoms with E-state index in [2.05, 4.69) is 18.2 Å². The number of fused-ring (bicyclic) bond motifs is 2. The zero-order valence-corrected chi connectivity index (χ0v) is 13.0. The van der Waals surface area contributed by atoms with Crippen LogP contribution >= 0.6 is 11.3 Å². The van der Waals surface area contributed by atoms with Crippen molar-refractivity contribution in [1.82, 2.24) is 0 Å². The molecule has 0 N–H and O–H groups in total. The van der Waals surface area contributed by atoms with Gasteiger partial charge in [-0.2, -0.15) is 0 Å². The summed E-state index contributed by atoms with van der Waals surface area (Å²) in [5, 5.41) is 2.32. The van der Waals surface area contributed by atoms with Crippen molar-refractivity contribution < 1.29 is 9.53 Å². The molecule has 3 aromatic rings. The fourth-order valence-corrected chi connectivity index (χ4v) is 4.21. The normalized spacial score (nSPS) is 13.3. The van der Waals surface area contributed by atoms with Gasteiger partial charge in [0.05, 0.1) is 0 Å². The topological polar surface area (TPSA) is 26.3 Å². The molecule has 1 aromatic heterocycles. The van der Waals surface area contributed by atoms with Crippen molar-refractivity contribution >= 4 is 28.1 Å². The Morgan fingerprint density at radius 2 is 1.95 bits per heavy atom. The summed E-state index contributed by atoms with van der Waals surface area (Å²) in [4.78, 5) is 14.3. The molecule has 0 radical (unpaired) electrons. The monoisotopic (exact) mass is 308 g/mol. The van der Waals surface area contributed by atoms with Gasteiger partial charge in [-0.15, -0.1) is 11.3 Å². The predicted molar refractivity (Wildman–Crippen MR) is 89.4 cm³/mol. The molecule has 0 unspecified atom stereocenters. The van der Waals surface area contributed by atoms with E-state index in [9.17, 15) is 4.79 Å². The molecule has 0 spiro atoms. The van der Waals surface area contributed by atoms with Gasteiger partial charge >= 0.3 is 5.97 Å². The van der Waals surface area contributed by atoms with Crippen LogP contribution in [0.5, 0.6) is 0 Å². The Balaban J connectivity index is 1.52. The van der Waals surface area contributed by atoms with Gasteiger partial charge in [0.2, 0.25) is 0 Å². The van der Waals surface area contributed by atoms with Crippen LogP contribution in [-0.2, 0) is 24.2 Å². The summed E-state index contributed by atoms with van der Waals surface area (Å²) in [6.07, 6.45) is 3.42. The third-order valence-electron chi connectivity index (χ3n) is 4.19. The third-order valence-corrected chi connectivity index (χ3v) is 5.40. The van der Waals surface area contributed by atoms with Crippen molar-refractivity contribution in [2.45, 2.75) is 25.9 Å². The molecule has 1 aliphatic rings. The summed E-state index contributed by atoms with van der Waals surface area (Å²) >= 11 is 1.59. The van der Waals surface area contributed by atoms with E-state index < -0.39 is 0 Å². The first-order chi connectivity index (χ1) is 10.8. The van der Waals surface area contributed by atoms with E-state index in [1.165, 1.54) is 22.2 Å². The van der Waals surface area contributed by atoms with E-state index in [-0.39, 0.29) is 5.97 Å². The second kappa shape index (κ2) is 5.58. The number of thiophene rings is 1. The summed E-state index contributed by atoms with van der Waals surface area (Å²) < 4.78 is 5.53. The third kappa shape index (κ3) is 2.42. The molecule has 0 saturated carbocycles. The van der Waals surface area contributed by atoms with E-state index in [0.29, 0.717) is 6.61 Å². The Hall–Kier alpha value is -2.13. The van der Waals surface area contributed by atoms with Crippen molar-refractivity contribution in [2.75, 3.05) is 0 Å². The number of ether oxygens (including phenoxy) is 1. The number of rotatable bonds is 3. The quantitative estimate of drug-likeness (QED) is 0.653. The molecule has 0 saturated heterocycles. The number of benzene rings is 2. The van der Waals surface area contributed by atoms with Crippen LogP contribution in [0.25, 0.3) is 10.8 Å². The average Bonchev–Trinajstić information content (AvgIpc) is 3.14. The fraction of sp³-hybridized carbons (Fsp3) is 0.211. The number of esters is 1. The minimum atomic E-state index is -0.202. The van der Waals surface area contributed by atoms with Crippen LogP contribution in [0.3, 0.4) is 0 Å². The largest absolute Gasteiger partial charge is 0.457 e. The minimum Gasteiger partial charge on any atom is -0.457 e. The molecule has 2 aromatic carbocycles. The lowest BCUT2D eigenvalue weighted by atomic mass is 10.1. The molecule has 2 nitrogen and oxygen atoms in total. The number of hydrogen-bond acceptors (Lipinski definition) is 3. The lowest BCUT2D eigenvalue weighted by molar-refractivity contribution is 0.0480. The van der Waals surface area contributed by atoms with Gasteiger partial charge < -0.3 is 4.74 Å². The van der Waals surface area contributed by atoms with Crippen LogP contribution in [-0.4, -0.2) is 5.97 Å². The molecule has 1 heterocycles. The Morgan fingerprint density at radius 3 is 2.86 bits per heavy atom. The van der Waals surface area contributed by atoms with Gasteiger partial charge in [0.15, 0.2) is 0 Å². The first kappa shape index (κ1) is 13.5. The molecular formula is C19H16O2S. The van der Waals surface area contributed by atoms with Crippen LogP contribution in [0, 0.1) is 0 Å². The number of aryl methyl sites for hydroxylation is 2. The van der Waals surface area contributed by atoms with Crippen molar-refractivity contribution in [3.05, 3.63) is 69.4 Å². The Bertz CT molecular complexity index is 821. The molecule has 1 aliphatic carbocycles. The van der Waals surface area contributed by atoms with Gasteiger partial charge in [-0.3, -0.25) is 0 Å². The van der Waals surface area contributed by atoms with Crippen LogP contribution in [0.1, 0.15) is 32.1 Å². The highest BCUT2D eigenvalue weighted by Gasteiger charge is 2.19. The summed E-state index contributed by atoms with van der Waals surface area (Å²) in [7, 11) is 0. The van der Waals surface area contributed by atoms with Crippen molar-refractivity contribution in [3.63, 3.8) is 0 Å². The summed E-state index contributed by atoms with van der Waals surface area (Å²) in [5.41, 5.74) is 2.39. The van der Waals surface area contributed by atoms with Gasteiger partial charge in [0.25, 0.3) is 0 Å². The van der Waals surface area contributed by atoms with Gasteiger partial charge in [-0.1, -0.05) is 42.5 Å². The standard InChI is InChI=1S/C19H16O2S/c20-19(18-11-14-7-4-10-17(14)22-18)21-12-15-8-3-6-13-5-1-2-9-16(13)15/h1-3,5-6,8-9,11H,4,7,10,12H2. The predicted octanol–water partition coefficient (Wildman–Crippen LogP) is 4.75. The van der Waals surface area contributed by atoms with E-state index in [4.69, 9.17) is 4.74 Å². The number of hydrogen-bond donors (Lipinski definition) is 0.